The number of hydrogen-bond acceptors (Lipinski definition) is 6. The van der Waals surface area contributed by atoms with E-state index in [9.17, 15) is 24.0 Å². The quantitative estimate of drug-likeness (QED) is 0.246. The molecule has 3 rings (SSSR count). The molecule has 10 nitrogen and oxygen atoms in total. The molecular weight excluding hydrogens is 559 g/mol. The Morgan fingerprint density at radius 2 is 1.57 bits per heavy atom. The lowest BCUT2D eigenvalue weighted by Gasteiger charge is -2.38. The predicted molar refractivity (Wildman–Crippen MR) is 152 cm³/mol. The molecule has 3 fully saturated rings. The van der Waals surface area contributed by atoms with Crippen LogP contribution in [0.15, 0.2) is 0 Å². The Hall–Kier alpha value is -1.91. The van der Waals surface area contributed by atoms with Gasteiger partial charge < -0.3 is 25.6 Å². The van der Waals surface area contributed by atoms with Crippen LogP contribution in [0.2, 0.25) is 0 Å². The van der Waals surface area contributed by atoms with Gasteiger partial charge in [0.25, 0.3) is 0 Å². The first kappa shape index (κ1) is 32.6. The molecule has 40 heavy (non-hydrogen) atoms. The van der Waals surface area contributed by atoms with E-state index in [4.69, 9.17) is 27.9 Å². The SMILES string of the molecule is COC[C@@H](NC(=O)N[C@H](C(=O)N1C[C@H]2[C@@H]([C@H]1C(=O)N[C@@H](CC1CC1)C(=O)C(C)=O)C2(Cl)Cl)C(C)(C)C)C(C)(C)C. The van der Waals surface area contributed by atoms with Crippen LogP contribution in [0.5, 0.6) is 0 Å². The number of nitrogens with one attached hydrogen (secondary N) is 3. The maximum atomic E-state index is 14.0. The highest BCUT2D eigenvalue weighted by molar-refractivity contribution is 6.51. The van der Waals surface area contributed by atoms with E-state index in [1.54, 1.807) is 7.11 Å². The van der Waals surface area contributed by atoms with E-state index in [-0.39, 0.29) is 36.4 Å². The Balaban J connectivity index is 1.82. The smallest absolute Gasteiger partial charge is 0.315 e. The summed E-state index contributed by atoms with van der Waals surface area (Å²) in [5.41, 5.74) is -1.01. The van der Waals surface area contributed by atoms with E-state index in [1.165, 1.54) is 11.8 Å². The van der Waals surface area contributed by atoms with Crippen molar-refractivity contribution in [2.24, 2.45) is 28.6 Å². The van der Waals surface area contributed by atoms with Gasteiger partial charge in [-0.25, -0.2) is 4.79 Å². The standard InChI is InChI=1S/C28H44Cl2N4O6/c1-14(35)21(36)17(11-15-9-10-15)31-23(37)20-19-16(28(19,29)30)12-34(20)24(38)22(27(5,6)7)33-25(39)32-18(13-40-8)26(2,3)4/h15-20,22H,9-13H2,1-8H3,(H,31,37)(H2,32,33,39)/t16-,17-,18+,19-,20-,22+/m0/s1. The number of likely N-dealkylation sites (tertiary alicyclic amines) is 1. The summed E-state index contributed by atoms with van der Waals surface area (Å²) in [7, 11) is 1.55. The highest BCUT2D eigenvalue weighted by Gasteiger charge is 2.74. The second kappa shape index (κ2) is 11.8. The number of halogens is 2. The van der Waals surface area contributed by atoms with Crippen LogP contribution in [0.25, 0.3) is 0 Å². The number of fused-ring (bicyclic) bond motifs is 1. The van der Waals surface area contributed by atoms with Gasteiger partial charge in [0.2, 0.25) is 17.6 Å². The van der Waals surface area contributed by atoms with Crippen LogP contribution in [-0.2, 0) is 23.9 Å². The van der Waals surface area contributed by atoms with Gasteiger partial charge in [0, 0.05) is 32.4 Å². The predicted octanol–water partition coefficient (Wildman–Crippen LogP) is 2.84. The van der Waals surface area contributed by atoms with E-state index in [0.717, 1.165) is 12.8 Å². The van der Waals surface area contributed by atoms with Gasteiger partial charge in [-0.05, 0) is 23.2 Å². The van der Waals surface area contributed by atoms with Crippen LogP contribution < -0.4 is 16.0 Å². The number of piperidine rings is 1. The van der Waals surface area contributed by atoms with E-state index >= 15 is 0 Å². The topological polar surface area (TPSA) is 134 Å². The molecule has 1 aliphatic heterocycles. The molecule has 4 amide bonds. The van der Waals surface area contributed by atoms with Gasteiger partial charge in [-0.3, -0.25) is 19.2 Å². The summed E-state index contributed by atoms with van der Waals surface area (Å²) in [5, 5.41) is 8.46. The number of Topliss-reactive ketones (excluding diaryl/α,β-unsaturated/α-hetero) is 2. The van der Waals surface area contributed by atoms with Crippen LogP contribution in [-0.4, -0.2) is 83.1 Å². The Labute approximate surface area is 247 Å². The van der Waals surface area contributed by atoms with Crippen LogP contribution in [0, 0.1) is 28.6 Å². The summed E-state index contributed by atoms with van der Waals surface area (Å²) in [6.07, 6.45) is 2.24. The number of rotatable bonds is 11. The van der Waals surface area contributed by atoms with E-state index in [0.29, 0.717) is 6.42 Å². The summed E-state index contributed by atoms with van der Waals surface area (Å²) in [6, 6.07) is -3.84. The number of methoxy groups -OCH3 is 1. The summed E-state index contributed by atoms with van der Waals surface area (Å²) in [6.45, 7) is 13.0. The maximum Gasteiger partial charge on any atom is 0.315 e. The molecule has 3 aliphatic rings. The van der Waals surface area contributed by atoms with Crippen molar-refractivity contribution in [2.45, 2.75) is 96.2 Å². The van der Waals surface area contributed by atoms with Crippen molar-refractivity contribution < 1.29 is 28.7 Å². The molecule has 0 spiro atoms. The average molecular weight is 604 g/mol. The summed E-state index contributed by atoms with van der Waals surface area (Å²) in [4.78, 5) is 66.6. The van der Waals surface area contributed by atoms with Crippen molar-refractivity contribution in [1.29, 1.82) is 0 Å². The number of carbonyl (C=O) groups is 5. The Bertz CT molecular complexity index is 1030. The largest absolute Gasteiger partial charge is 0.383 e. The second-order valence-corrected chi connectivity index (χ2v) is 15.1. The first-order valence-electron chi connectivity index (χ1n) is 13.9. The fourth-order valence-electron chi connectivity index (χ4n) is 5.37. The van der Waals surface area contributed by atoms with E-state index in [2.05, 4.69) is 16.0 Å². The molecule has 0 unspecified atom stereocenters. The zero-order chi connectivity index (χ0) is 30.4. The number of hydrogen-bond donors (Lipinski definition) is 3. The van der Waals surface area contributed by atoms with Gasteiger partial charge in [0.1, 0.15) is 16.4 Å². The van der Waals surface area contributed by atoms with Gasteiger partial charge in [0.15, 0.2) is 5.78 Å². The van der Waals surface area contributed by atoms with Crippen LogP contribution in [0.3, 0.4) is 0 Å². The normalized spacial score (nSPS) is 25.8. The molecule has 2 saturated carbocycles. The van der Waals surface area contributed by atoms with Crippen LogP contribution in [0.1, 0.15) is 67.7 Å². The monoisotopic (exact) mass is 602 g/mol. The summed E-state index contributed by atoms with van der Waals surface area (Å²) in [5.74, 6) is -2.92. The third-order valence-corrected chi connectivity index (χ3v) is 9.27. The molecule has 0 bridgehead atoms. The van der Waals surface area contributed by atoms with E-state index < -0.39 is 63.2 Å². The minimum atomic E-state index is -1.18. The fraction of sp³-hybridized carbons (Fsp3) is 0.821. The summed E-state index contributed by atoms with van der Waals surface area (Å²) < 4.78 is 4.08. The molecular formula is C28H44Cl2N4O6. The molecule has 0 aromatic rings. The molecule has 1 heterocycles. The zero-order valence-corrected chi connectivity index (χ0v) is 26.2. The number of nitrogens with zero attached hydrogens (tertiary/aromatic N) is 1. The second-order valence-electron chi connectivity index (χ2n) is 13.7. The molecule has 3 N–H and O–H groups in total. The number of ether oxygens (including phenoxy) is 1. The Morgan fingerprint density at radius 1 is 0.975 bits per heavy atom. The number of alkyl halides is 2. The van der Waals surface area contributed by atoms with Gasteiger partial charge in [0.05, 0.1) is 18.7 Å². The number of amides is 4. The lowest BCUT2D eigenvalue weighted by Crippen LogP contribution is -2.62. The Morgan fingerprint density at radius 3 is 2.05 bits per heavy atom. The minimum absolute atomic E-state index is 0.132. The molecule has 1 saturated heterocycles. The average Bonchev–Trinajstić information content (AvgIpc) is 3.67. The molecule has 0 radical (unpaired) electrons. The van der Waals surface area contributed by atoms with Gasteiger partial charge in [-0.2, -0.15) is 0 Å². The van der Waals surface area contributed by atoms with Crippen LogP contribution >= 0.6 is 23.2 Å². The Kier molecular flexibility index (Phi) is 9.59. The molecule has 12 heteroatoms. The van der Waals surface area contributed by atoms with Gasteiger partial charge >= 0.3 is 6.03 Å². The van der Waals surface area contributed by atoms with Crippen molar-refractivity contribution in [3.63, 3.8) is 0 Å². The van der Waals surface area contributed by atoms with E-state index in [1.807, 2.05) is 41.5 Å². The van der Waals surface area contributed by atoms with Crippen molar-refractivity contribution in [2.75, 3.05) is 20.3 Å². The van der Waals surface area contributed by atoms with Crippen molar-refractivity contribution in [3.05, 3.63) is 0 Å². The first-order chi connectivity index (χ1) is 18.3. The molecule has 0 aromatic heterocycles. The van der Waals surface area contributed by atoms with Crippen molar-refractivity contribution in [1.82, 2.24) is 20.9 Å². The minimum Gasteiger partial charge on any atom is -0.383 e. The number of ketones is 2. The molecule has 0 aromatic carbocycles. The lowest BCUT2D eigenvalue weighted by atomic mass is 9.85. The first-order valence-corrected chi connectivity index (χ1v) is 14.7. The van der Waals surface area contributed by atoms with Crippen molar-refractivity contribution in [3.8, 4) is 0 Å². The van der Waals surface area contributed by atoms with Crippen LogP contribution in [0.4, 0.5) is 4.79 Å². The third-order valence-electron chi connectivity index (χ3n) is 8.20. The molecule has 6 atom stereocenters. The van der Waals surface area contributed by atoms with Gasteiger partial charge in [-0.1, -0.05) is 54.4 Å². The lowest BCUT2D eigenvalue weighted by molar-refractivity contribution is -0.144. The molecule has 2 aliphatic carbocycles. The van der Waals surface area contributed by atoms with Gasteiger partial charge in [-0.15, -0.1) is 23.2 Å². The number of urea groups is 1. The maximum absolute atomic E-state index is 14.0. The van der Waals surface area contributed by atoms with Crippen molar-refractivity contribution >= 4 is 52.6 Å². The zero-order valence-electron chi connectivity index (χ0n) is 24.7. The summed E-state index contributed by atoms with van der Waals surface area (Å²) >= 11 is 13.0. The molecule has 226 valence electrons. The highest BCUT2D eigenvalue weighted by atomic mass is 35.5. The fourth-order valence-corrected chi connectivity index (χ4v) is 6.20. The third kappa shape index (κ3) is 7.29. The number of carbonyl (C=O) groups excluding carboxylic acids is 5. The highest BCUT2D eigenvalue weighted by Crippen LogP contribution is 2.65.